The number of hydrogen-bond donors (Lipinski definition) is 3. The number of hydrogen-bond acceptors (Lipinski definition) is 15. The fourth-order valence-electron chi connectivity index (χ4n) is 9.05. The molecule has 0 saturated carbocycles. The highest BCUT2D eigenvalue weighted by molar-refractivity contribution is 7.47. The molecule has 0 aliphatic carbocycles. The van der Waals surface area contributed by atoms with Crippen LogP contribution in [-0.4, -0.2) is 96.7 Å². The molecule has 0 aromatic heterocycles. The second kappa shape index (κ2) is 55.0. The number of esters is 4. The minimum absolute atomic E-state index is 0.104. The van der Waals surface area contributed by atoms with Gasteiger partial charge >= 0.3 is 39.5 Å². The Labute approximate surface area is 486 Å². The Morgan fingerprint density at radius 2 is 0.575 bits per heavy atom. The molecule has 0 heterocycles. The molecular weight excluding hydrogens is 1070 g/mol. The maximum absolute atomic E-state index is 12.9. The van der Waals surface area contributed by atoms with E-state index in [0.717, 1.165) is 109 Å². The van der Waals surface area contributed by atoms with Gasteiger partial charge in [-0.2, -0.15) is 0 Å². The average molecular weight is 1190 g/mol. The number of aliphatic hydroxyl groups is 1. The van der Waals surface area contributed by atoms with E-state index in [2.05, 4.69) is 34.6 Å². The van der Waals surface area contributed by atoms with Crippen molar-refractivity contribution in [3.8, 4) is 0 Å². The molecule has 0 aromatic carbocycles. The smallest absolute Gasteiger partial charge is 0.462 e. The van der Waals surface area contributed by atoms with Crippen LogP contribution in [0.5, 0.6) is 0 Å². The van der Waals surface area contributed by atoms with E-state index in [1.165, 1.54) is 116 Å². The summed E-state index contributed by atoms with van der Waals surface area (Å²) in [5, 5.41) is 10.5. The van der Waals surface area contributed by atoms with Crippen LogP contribution in [0.2, 0.25) is 0 Å². The number of aliphatic hydroxyl groups excluding tert-OH is 1. The number of rotatable bonds is 61. The number of phosphoric ester groups is 2. The number of unbranched alkanes of at least 4 members (excludes halogenated alkanes) is 33. The Hall–Kier alpha value is -1.94. The van der Waals surface area contributed by atoms with Gasteiger partial charge in [-0.3, -0.25) is 37.3 Å². The van der Waals surface area contributed by atoms with Crippen molar-refractivity contribution in [3.63, 3.8) is 0 Å². The topological polar surface area (TPSA) is 237 Å². The summed E-state index contributed by atoms with van der Waals surface area (Å²) in [6.07, 6.45) is 38.0. The van der Waals surface area contributed by atoms with E-state index < -0.39 is 97.5 Å². The third-order valence-electron chi connectivity index (χ3n) is 14.0. The summed E-state index contributed by atoms with van der Waals surface area (Å²) in [5.74, 6) is -1.42. The summed E-state index contributed by atoms with van der Waals surface area (Å²) >= 11 is 0. The first-order chi connectivity index (χ1) is 38.5. The molecule has 0 aliphatic rings. The van der Waals surface area contributed by atoms with Gasteiger partial charge in [-0.1, -0.05) is 253 Å². The maximum atomic E-state index is 12.9. The molecule has 0 radical (unpaired) electrons. The lowest BCUT2D eigenvalue weighted by atomic mass is 10.0. The highest BCUT2D eigenvalue weighted by Gasteiger charge is 2.30. The van der Waals surface area contributed by atoms with Crippen LogP contribution in [0.25, 0.3) is 0 Å². The van der Waals surface area contributed by atoms with Crippen molar-refractivity contribution in [2.45, 2.75) is 323 Å². The molecule has 0 saturated heterocycles. The molecule has 0 aliphatic heterocycles. The standard InChI is InChI=1S/C61H118O17P2/c1-6-9-12-15-17-19-20-21-22-23-24-25-26-32-37-42-47-61(66)78-57(51-72-59(64)45-40-35-31-28-27-29-34-38-43-54(4)5)53-76-80(69,70)74-49-55(62)48-73-79(67,68)75-52-56(50-71-58(63)44-39-33-14-11-8-3)77-60(65)46-41-36-30-18-16-13-10-7-2/h54-57,62H,6-53H2,1-5H3,(H,67,68)(H,69,70)/t55-,56+,57+/m0/s1. The van der Waals surface area contributed by atoms with Crippen LogP contribution in [0.3, 0.4) is 0 Å². The first kappa shape index (κ1) is 78.1. The molecule has 0 rings (SSSR count). The highest BCUT2D eigenvalue weighted by Crippen LogP contribution is 2.45. The molecular formula is C61H118O17P2. The van der Waals surface area contributed by atoms with Gasteiger partial charge in [0.1, 0.15) is 19.3 Å². The van der Waals surface area contributed by atoms with Crippen molar-refractivity contribution in [3.05, 3.63) is 0 Å². The fraction of sp³-hybridized carbons (Fsp3) is 0.934. The molecule has 0 amide bonds. The van der Waals surface area contributed by atoms with Crippen LogP contribution in [0.4, 0.5) is 0 Å². The molecule has 17 nitrogen and oxygen atoms in total. The van der Waals surface area contributed by atoms with Gasteiger partial charge in [0.25, 0.3) is 0 Å². The van der Waals surface area contributed by atoms with Crippen LogP contribution in [-0.2, 0) is 65.4 Å². The summed E-state index contributed by atoms with van der Waals surface area (Å²) in [4.78, 5) is 71.7. The van der Waals surface area contributed by atoms with E-state index in [-0.39, 0.29) is 25.7 Å². The van der Waals surface area contributed by atoms with E-state index in [0.29, 0.717) is 25.7 Å². The molecule has 3 N–H and O–H groups in total. The van der Waals surface area contributed by atoms with Crippen molar-refractivity contribution in [2.75, 3.05) is 39.6 Å². The van der Waals surface area contributed by atoms with Crippen molar-refractivity contribution >= 4 is 39.5 Å². The van der Waals surface area contributed by atoms with Crippen molar-refractivity contribution < 1.29 is 80.2 Å². The van der Waals surface area contributed by atoms with Crippen molar-refractivity contribution in [1.29, 1.82) is 0 Å². The summed E-state index contributed by atoms with van der Waals surface area (Å²) in [7, 11) is -9.87. The molecule has 80 heavy (non-hydrogen) atoms. The molecule has 19 heteroatoms. The second-order valence-corrected chi connectivity index (χ2v) is 25.5. The third kappa shape index (κ3) is 55.3. The van der Waals surface area contributed by atoms with Crippen LogP contribution in [0.15, 0.2) is 0 Å². The second-order valence-electron chi connectivity index (χ2n) is 22.6. The van der Waals surface area contributed by atoms with Gasteiger partial charge in [0.2, 0.25) is 0 Å². The van der Waals surface area contributed by atoms with Gasteiger partial charge in [-0.25, -0.2) is 9.13 Å². The van der Waals surface area contributed by atoms with Crippen molar-refractivity contribution in [2.24, 2.45) is 5.92 Å². The predicted octanol–water partition coefficient (Wildman–Crippen LogP) is 16.6. The lowest BCUT2D eigenvalue weighted by Gasteiger charge is -2.21. The Bertz CT molecular complexity index is 1570. The number of ether oxygens (including phenoxy) is 4. The third-order valence-corrected chi connectivity index (χ3v) is 15.9. The predicted molar refractivity (Wildman–Crippen MR) is 317 cm³/mol. The maximum Gasteiger partial charge on any atom is 0.472 e. The van der Waals surface area contributed by atoms with Gasteiger partial charge in [0, 0.05) is 25.7 Å². The summed E-state index contributed by atoms with van der Waals surface area (Å²) < 4.78 is 67.6. The molecule has 5 atom stereocenters. The first-order valence-electron chi connectivity index (χ1n) is 32.1. The fourth-order valence-corrected chi connectivity index (χ4v) is 10.6. The number of phosphoric acid groups is 2. The molecule has 474 valence electrons. The lowest BCUT2D eigenvalue weighted by Crippen LogP contribution is -2.30. The SMILES string of the molecule is CCCCCCCCCCCCCCCCCCC(=O)O[C@H](COC(=O)CCCCCCCCCCC(C)C)COP(=O)(O)OC[C@@H](O)COP(=O)(O)OC[C@@H](COC(=O)CCCCCCC)OC(=O)CCCCCCCCCC. The zero-order valence-corrected chi connectivity index (χ0v) is 53.0. The van der Waals surface area contributed by atoms with Crippen molar-refractivity contribution in [1.82, 2.24) is 0 Å². The van der Waals surface area contributed by atoms with Gasteiger partial charge < -0.3 is 33.8 Å². The van der Waals surface area contributed by atoms with E-state index in [1.54, 1.807) is 0 Å². The normalized spacial score (nSPS) is 14.3. The Kier molecular flexibility index (Phi) is 53.6. The van der Waals surface area contributed by atoms with Crippen LogP contribution in [0.1, 0.15) is 304 Å². The quantitative estimate of drug-likeness (QED) is 0.0222. The summed E-state index contributed by atoms with van der Waals surface area (Å²) in [5.41, 5.74) is 0. The zero-order chi connectivity index (χ0) is 59.2. The van der Waals surface area contributed by atoms with Gasteiger partial charge in [0.05, 0.1) is 26.4 Å². The minimum Gasteiger partial charge on any atom is -0.462 e. The first-order valence-corrected chi connectivity index (χ1v) is 35.1. The largest absolute Gasteiger partial charge is 0.472 e. The van der Waals surface area contributed by atoms with Gasteiger partial charge in [-0.15, -0.1) is 0 Å². The highest BCUT2D eigenvalue weighted by atomic mass is 31.2. The van der Waals surface area contributed by atoms with E-state index in [4.69, 9.17) is 37.0 Å². The summed E-state index contributed by atoms with van der Waals surface area (Å²) in [6, 6.07) is 0. The Balaban J connectivity index is 5.15. The average Bonchev–Trinajstić information content (AvgIpc) is 3.42. The molecule has 2 unspecified atom stereocenters. The minimum atomic E-state index is -4.94. The van der Waals surface area contributed by atoms with E-state index in [1.807, 2.05) is 0 Å². The van der Waals surface area contributed by atoms with E-state index in [9.17, 15) is 43.2 Å². The Morgan fingerprint density at radius 1 is 0.338 bits per heavy atom. The molecule has 0 fully saturated rings. The molecule has 0 aromatic rings. The van der Waals surface area contributed by atoms with E-state index >= 15 is 0 Å². The molecule has 0 bridgehead atoms. The van der Waals surface area contributed by atoms with Crippen LogP contribution >= 0.6 is 15.6 Å². The van der Waals surface area contributed by atoms with Crippen LogP contribution in [0, 0.1) is 5.92 Å². The monoisotopic (exact) mass is 1180 g/mol. The number of carbonyl (C=O) groups is 4. The lowest BCUT2D eigenvalue weighted by molar-refractivity contribution is -0.161. The summed E-state index contributed by atoms with van der Waals surface area (Å²) in [6.45, 7) is 7.03. The van der Waals surface area contributed by atoms with Gasteiger partial charge in [0.15, 0.2) is 12.2 Å². The van der Waals surface area contributed by atoms with Gasteiger partial charge in [-0.05, 0) is 31.6 Å². The zero-order valence-electron chi connectivity index (χ0n) is 51.2. The Morgan fingerprint density at radius 3 is 0.850 bits per heavy atom. The number of carbonyl (C=O) groups excluding carboxylic acids is 4. The van der Waals surface area contributed by atoms with Crippen LogP contribution < -0.4 is 0 Å². The molecule has 0 spiro atoms.